The van der Waals surface area contributed by atoms with Gasteiger partial charge in [-0.15, -0.1) is 0 Å². The first-order chi connectivity index (χ1) is 9.81. The van der Waals surface area contributed by atoms with Crippen molar-refractivity contribution in [2.24, 2.45) is 0 Å². The number of halogens is 1. The van der Waals surface area contributed by atoms with Crippen LogP contribution in [0.1, 0.15) is 29.9 Å². The summed E-state index contributed by atoms with van der Waals surface area (Å²) in [5.74, 6) is 0.718. The van der Waals surface area contributed by atoms with Crippen molar-refractivity contribution < 1.29 is 0 Å². The van der Waals surface area contributed by atoms with Gasteiger partial charge in [-0.05, 0) is 49.0 Å². The van der Waals surface area contributed by atoms with Crippen molar-refractivity contribution in [3.63, 3.8) is 0 Å². The summed E-state index contributed by atoms with van der Waals surface area (Å²) in [5, 5.41) is 0.566. The Labute approximate surface area is 125 Å². The SMILES string of the molecule is Clc1ccc(CN2CCC(c3ccccc3)CC2)cn1. The Bertz CT molecular complexity index is 531. The number of hydrogen-bond acceptors (Lipinski definition) is 2. The lowest BCUT2D eigenvalue weighted by atomic mass is 9.89. The number of nitrogens with zero attached hydrogens (tertiary/aromatic N) is 2. The maximum absolute atomic E-state index is 5.82. The molecule has 0 unspecified atom stereocenters. The highest BCUT2D eigenvalue weighted by molar-refractivity contribution is 6.29. The summed E-state index contributed by atoms with van der Waals surface area (Å²) < 4.78 is 0. The average Bonchev–Trinajstić information content (AvgIpc) is 2.51. The lowest BCUT2D eigenvalue weighted by Gasteiger charge is -2.32. The summed E-state index contributed by atoms with van der Waals surface area (Å²) in [6.45, 7) is 3.29. The first-order valence-electron chi connectivity index (χ1n) is 7.19. The van der Waals surface area contributed by atoms with Crippen LogP contribution in [-0.4, -0.2) is 23.0 Å². The van der Waals surface area contributed by atoms with Gasteiger partial charge in [0.05, 0.1) is 0 Å². The second kappa shape index (κ2) is 6.38. The van der Waals surface area contributed by atoms with Crippen LogP contribution in [0, 0.1) is 0 Å². The molecule has 3 rings (SSSR count). The number of rotatable bonds is 3. The third-order valence-electron chi connectivity index (χ3n) is 4.05. The van der Waals surface area contributed by atoms with Gasteiger partial charge in [0.2, 0.25) is 0 Å². The summed E-state index contributed by atoms with van der Waals surface area (Å²) >= 11 is 5.82. The summed E-state index contributed by atoms with van der Waals surface area (Å²) in [6, 6.07) is 14.8. The highest BCUT2D eigenvalue weighted by atomic mass is 35.5. The lowest BCUT2D eigenvalue weighted by Crippen LogP contribution is -2.32. The second-order valence-electron chi connectivity index (χ2n) is 5.45. The van der Waals surface area contributed by atoms with Crippen LogP contribution in [0.4, 0.5) is 0 Å². The molecule has 1 aromatic heterocycles. The standard InChI is InChI=1S/C17H19ClN2/c18-17-7-6-14(12-19-17)13-20-10-8-16(9-11-20)15-4-2-1-3-5-15/h1-7,12,16H,8-11,13H2. The van der Waals surface area contributed by atoms with Crippen LogP contribution < -0.4 is 0 Å². The van der Waals surface area contributed by atoms with Gasteiger partial charge in [-0.2, -0.15) is 0 Å². The molecule has 1 saturated heterocycles. The Morgan fingerprint density at radius 2 is 1.80 bits per heavy atom. The van der Waals surface area contributed by atoms with Gasteiger partial charge in [0.1, 0.15) is 5.15 Å². The number of aromatic nitrogens is 1. The Morgan fingerprint density at radius 3 is 2.45 bits per heavy atom. The van der Waals surface area contributed by atoms with Gasteiger partial charge in [0.15, 0.2) is 0 Å². The van der Waals surface area contributed by atoms with Crippen LogP contribution in [0.3, 0.4) is 0 Å². The van der Waals surface area contributed by atoms with Crippen LogP contribution >= 0.6 is 11.6 Å². The van der Waals surface area contributed by atoms with Crippen molar-refractivity contribution in [3.05, 3.63) is 64.9 Å². The van der Waals surface area contributed by atoms with E-state index in [0.29, 0.717) is 5.15 Å². The fourth-order valence-electron chi connectivity index (χ4n) is 2.91. The Kier molecular flexibility index (Phi) is 4.34. The summed E-state index contributed by atoms with van der Waals surface area (Å²) in [5.41, 5.74) is 2.73. The zero-order valence-corrected chi connectivity index (χ0v) is 12.3. The predicted molar refractivity (Wildman–Crippen MR) is 82.9 cm³/mol. The molecule has 3 heteroatoms. The summed E-state index contributed by atoms with van der Waals surface area (Å²) in [7, 11) is 0. The molecule has 1 aliphatic heterocycles. The Balaban J connectivity index is 1.55. The summed E-state index contributed by atoms with van der Waals surface area (Å²) in [4.78, 5) is 6.65. The maximum Gasteiger partial charge on any atom is 0.129 e. The minimum absolute atomic E-state index is 0.566. The van der Waals surface area contributed by atoms with E-state index in [2.05, 4.69) is 46.3 Å². The van der Waals surface area contributed by atoms with Crippen molar-refractivity contribution >= 4 is 11.6 Å². The van der Waals surface area contributed by atoms with E-state index < -0.39 is 0 Å². The minimum atomic E-state index is 0.566. The van der Waals surface area contributed by atoms with Gasteiger partial charge in [-0.1, -0.05) is 48.0 Å². The highest BCUT2D eigenvalue weighted by Crippen LogP contribution is 2.28. The van der Waals surface area contributed by atoms with Crippen LogP contribution in [0.15, 0.2) is 48.7 Å². The number of benzene rings is 1. The fraction of sp³-hybridized carbons (Fsp3) is 0.353. The minimum Gasteiger partial charge on any atom is -0.299 e. The quantitative estimate of drug-likeness (QED) is 0.789. The van der Waals surface area contributed by atoms with Gasteiger partial charge >= 0.3 is 0 Å². The molecule has 2 nitrogen and oxygen atoms in total. The lowest BCUT2D eigenvalue weighted by molar-refractivity contribution is 0.204. The van der Waals surface area contributed by atoms with Crippen LogP contribution in [0.2, 0.25) is 5.15 Å². The van der Waals surface area contributed by atoms with Gasteiger partial charge in [0.25, 0.3) is 0 Å². The second-order valence-corrected chi connectivity index (χ2v) is 5.84. The molecule has 0 N–H and O–H groups in total. The van der Waals surface area contributed by atoms with Crippen LogP contribution in [0.5, 0.6) is 0 Å². The molecule has 20 heavy (non-hydrogen) atoms. The van der Waals surface area contributed by atoms with E-state index in [9.17, 15) is 0 Å². The molecule has 104 valence electrons. The molecule has 2 heterocycles. The van der Waals surface area contributed by atoms with Crippen LogP contribution in [0.25, 0.3) is 0 Å². The number of hydrogen-bond donors (Lipinski definition) is 0. The normalized spacial score (nSPS) is 17.2. The van der Waals surface area contributed by atoms with Crippen molar-refractivity contribution in [3.8, 4) is 0 Å². The van der Waals surface area contributed by atoms with Gasteiger partial charge in [0, 0.05) is 12.7 Å². The molecule has 1 aromatic carbocycles. The van der Waals surface area contributed by atoms with Crippen molar-refractivity contribution in [1.82, 2.24) is 9.88 Å². The third kappa shape index (κ3) is 3.38. The van der Waals surface area contributed by atoms with Crippen molar-refractivity contribution in [1.29, 1.82) is 0 Å². The Morgan fingerprint density at radius 1 is 1.05 bits per heavy atom. The van der Waals surface area contributed by atoms with Gasteiger partial charge < -0.3 is 0 Å². The monoisotopic (exact) mass is 286 g/mol. The molecule has 0 amide bonds. The first kappa shape index (κ1) is 13.6. The maximum atomic E-state index is 5.82. The number of pyridine rings is 1. The number of piperidine rings is 1. The molecule has 1 aliphatic rings. The Hall–Kier alpha value is -1.38. The van der Waals surface area contributed by atoms with E-state index >= 15 is 0 Å². The highest BCUT2D eigenvalue weighted by Gasteiger charge is 2.20. The molecule has 0 atom stereocenters. The third-order valence-corrected chi connectivity index (χ3v) is 4.28. The smallest absolute Gasteiger partial charge is 0.129 e. The molecule has 0 bridgehead atoms. The average molecular weight is 287 g/mol. The molecule has 0 aliphatic carbocycles. The molecular formula is C17H19ClN2. The van der Waals surface area contributed by atoms with E-state index in [-0.39, 0.29) is 0 Å². The van der Waals surface area contributed by atoms with E-state index in [4.69, 9.17) is 11.6 Å². The predicted octanol–water partition coefficient (Wildman–Crippen LogP) is 4.11. The molecular weight excluding hydrogens is 268 g/mol. The zero-order chi connectivity index (χ0) is 13.8. The van der Waals surface area contributed by atoms with Gasteiger partial charge in [-0.3, -0.25) is 4.90 Å². The topological polar surface area (TPSA) is 16.1 Å². The largest absolute Gasteiger partial charge is 0.299 e. The van der Waals surface area contributed by atoms with E-state index in [1.165, 1.54) is 24.0 Å². The molecule has 0 radical (unpaired) electrons. The first-order valence-corrected chi connectivity index (χ1v) is 7.57. The van der Waals surface area contributed by atoms with Crippen molar-refractivity contribution in [2.45, 2.75) is 25.3 Å². The van der Waals surface area contributed by atoms with Crippen molar-refractivity contribution in [2.75, 3.05) is 13.1 Å². The van der Waals surface area contributed by atoms with E-state index in [1.54, 1.807) is 0 Å². The van der Waals surface area contributed by atoms with E-state index in [1.807, 2.05) is 12.3 Å². The molecule has 0 saturated carbocycles. The van der Waals surface area contributed by atoms with Gasteiger partial charge in [-0.25, -0.2) is 4.98 Å². The van der Waals surface area contributed by atoms with E-state index in [0.717, 1.165) is 25.6 Å². The molecule has 2 aromatic rings. The van der Waals surface area contributed by atoms with Crippen LogP contribution in [-0.2, 0) is 6.54 Å². The molecule has 1 fully saturated rings. The number of likely N-dealkylation sites (tertiary alicyclic amines) is 1. The summed E-state index contributed by atoms with van der Waals surface area (Å²) in [6.07, 6.45) is 4.36. The molecule has 0 spiro atoms. The fourth-order valence-corrected chi connectivity index (χ4v) is 3.02. The zero-order valence-electron chi connectivity index (χ0n) is 11.5.